The van der Waals surface area contributed by atoms with E-state index in [4.69, 9.17) is 4.74 Å². The third-order valence-corrected chi connectivity index (χ3v) is 3.26. The van der Waals surface area contributed by atoms with Crippen molar-refractivity contribution in [2.75, 3.05) is 37.5 Å². The molecule has 2 rings (SSSR count). The van der Waals surface area contributed by atoms with E-state index in [9.17, 15) is 0 Å². The molecule has 0 unspecified atom stereocenters. The fourth-order valence-corrected chi connectivity index (χ4v) is 2.22. The van der Waals surface area contributed by atoms with E-state index in [-0.39, 0.29) is 0 Å². The summed E-state index contributed by atoms with van der Waals surface area (Å²) in [5.41, 5.74) is 0. The lowest BCUT2D eigenvalue weighted by Crippen LogP contribution is -2.17. The zero-order chi connectivity index (χ0) is 13.7. The van der Waals surface area contributed by atoms with Crippen LogP contribution in [-0.4, -0.2) is 42.2 Å². The average Bonchev–Trinajstić information content (AvgIpc) is 2.89. The van der Waals surface area contributed by atoms with Crippen LogP contribution in [0, 0.1) is 5.92 Å². The van der Waals surface area contributed by atoms with Gasteiger partial charge in [0, 0.05) is 20.6 Å². The number of hydrogen-bond acceptors (Lipinski definition) is 6. The molecule has 0 radical (unpaired) electrons. The summed E-state index contributed by atoms with van der Waals surface area (Å²) in [6, 6.07) is 0.418. The third-order valence-electron chi connectivity index (χ3n) is 3.26. The lowest BCUT2D eigenvalue weighted by molar-refractivity contribution is 0.234. The van der Waals surface area contributed by atoms with Gasteiger partial charge in [0.2, 0.25) is 11.9 Å². The smallest absolute Gasteiger partial charge is 0.323 e. The Morgan fingerprint density at radius 1 is 1.21 bits per heavy atom. The molecule has 0 aliphatic heterocycles. The van der Waals surface area contributed by atoms with Gasteiger partial charge in [0.15, 0.2) is 0 Å². The van der Waals surface area contributed by atoms with Gasteiger partial charge in [-0.3, -0.25) is 0 Å². The van der Waals surface area contributed by atoms with Gasteiger partial charge < -0.3 is 15.0 Å². The van der Waals surface area contributed by atoms with E-state index in [0.29, 0.717) is 30.4 Å². The molecule has 1 heterocycles. The Morgan fingerprint density at radius 2 is 1.95 bits per heavy atom. The van der Waals surface area contributed by atoms with Crippen molar-refractivity contribution in [3.05, 3.63) is 0 Å². The summed E-state index contributed by atoms with van der Waals surface area (Å²) in [4.78, 5) is 14.8. The van der Waals surface area contributed by atoms with E-state index in [1.807, 2.05) is 25.9 Å². The second-order valence-corrected chi connectivity index (χ2v) is 5.13. The van der Waals surface area contributed by atoms with Crippen LogP contribution in [0.3, 0.4) is 0 Å². The highest BCUT2D eigenvalue weighted by Gasteiger charge is 2.17. The first-order valence-electron chi connectivity index (χ1n) is 6.99. The van der Waals surface area contributed by atoms with Crippen molar-refractivity contribution in [1.82, 2.24) is 15.0 Å². The second kappa shape index (κ2) is 6.54. The first-order valence-corrected chi connectivity index (χ1v) is 6.99. The molecular weight excluding hydrogens is 242 g/mol. The molecule has 1 aliphatic rings. The molecule has 0 saturated heterocycles. The summed E-state index contributed by atoms with van der Waals surface area (Å²) in [6.07, 6.45) is 5.14. The molecule has 106 valence electrons. The number of aromatic nitrogens is 3. The molecule has 6 heteroatoms. The SMILES string of the molecule is CCNc1nc(OCC2CCCC2)nc(N(C)C)n1. The Balaban J connectivity index is 2.04. The van der Waals surface area contributed by atoms with Gasteiger partial charge in [-0.15, -0.1) is 0 Å². The van der Waals surface area contributed by atoms with E-state index in [1.165, 1.54) is 25.7 Å². The fourth-order valence-electron chi connectivity index (χ4n) is 2.22. The number of rotatable bonds is 6. The molecule has 1 aromatic rings. The summed E-state index contributed by atoms with van der Waals surface area (Å²) >= 11 is 0. The number of nitrogens with zero attached hydrogens (tertiary/aromatic N) is 4. The highest BCUT2D eigenvalue weighted by atomic mass is 16.5. The van der Waals surface area contributed by atoms with Crippen LogP contribution in [0.2, 0.25) is 0 Å². The van der Waals surface area contributed by atoms with Crippen LogP contribution in [0.5, 0.6) is 6.01 Å². The number of hydrogen-bond donors (Lipinski definition) is 1. The zero-order valence-electron chi connectivity index (χ0n) is 12.0. The van der Waals surface area contributed by atoms with Crippen molar-refractivity contribution >= 4 is 11.9 Å². The van der Waals surface area contributed by atoms with Crippen molar-refractivity contribution in [2.45, 2.75) is 32.6 Å². The van der Waals surface area contributed by atoms with Crippen LogP contribution in [0.25, 0.3) is 0 Å². The Bertz CT molecular complexity index is 404. The zero-order valence-corrected chi connectivity index (χ0v) is 12.0. The van der Waals surface area contributed by atoms with Crippen LogP contribution in [-0.2, 0) is 0 Å². The minimum absolute atomic E-state index is 0.418. The van der Waals surface area contributed by atoms with Gasteiger partial charge in [-0.25, -0.2) is 0 Å². The highest BCUT2D eigenvalue weighted by Crippen LogP contribution is 2.25. The summed E-state index contributed by atoms with van der Waals surface area (Å²) < 4.78 is 5.74. The predicted octanol–water partition coefficient (Wildman–Crippen LogP) is 1.94. The monoisotopic (exact) mass is 265 g/mol. The molecule has 0 aromatic carbocycles. The minimum Gasteiger partial charge on any atom is -0.463 e. The quantitative estimate of drug-likeness (QED) is 0.848. The molecule has 0 amide bonds. The first kappa shape index (κ1) is 13.8. The largest absolute Gasteiger partial charge is 0.463 e. The van der Waals surface area contributed by atoms with Crippen molar-refractivity contribution in [3.8, 4) is 6.01 Å². The van der Waals surface area contributed by atoms with Crippen LogP contribution in [0.4, 0.5) is 11.9 Å². The highest BCUT2D eigenvalue weighted by molar-refractivity contribution is 5.36. The van der Waals surface area contributed by atoms with E-state index in [2.05, 4.69) is 20.3 Å². The molecule has 1 fully saturated rings. The Labute approximate surface area is 114 Å². The fraction of sp³-hybridized carbons (Fsp3) is 0.769. The predicted molar refractivity (Wildman–Crippen MR) is 75.8 cm³/mol. The molecule has 19 heavy (non-hydrogen) atoms. The van der Waals surface area contributed by atoms with E-state index in [0.717, 1.165) is 6.54 Å². The maximum absolute atomic E-state index is 5.74. The Kier molecular flexibility index (Phi) is 4.76. The van der Waals surface area contributed by atoms with Gasteiger partial charge in [-0.05, 0) is 25.7 Å². The molecule has 1 aromatic heterocycles. The molecule has 1 N–H and O–H groups in total. The lowest BCUT2D eigenvalue weighted by Gasteiger charge is -2.14. The van der Waals surface area contributed by atoms with Crippen molar-refractivity contribution in [3.63, 3.8) is 0 Å². The van der Waals surface area contributed by atoms with Gasteiger partial charge in [-0.1, -0.05) is 12.8 Å². The standard InChI is InChI=1S/C13H23N5O/c1-4-14-11-15-12(18(2)3)17-13(16-11)19-9-10-7-5-6-8-10/h10H,4-9H2,1-3H3,(H,14,15,16,17). The Morgan fingerprint density at radius 3 is 2.58 bits per heavy atom. The number of ether oxygens (including phenoxy) is 1. The first-order chi connectivity index (χ1) is 9.19. The molecular formula is C13H23N5O. The van der Waals surface area contributed by atoms with Crippen LogP contribution in [0.1, 0.15) is 32.6 Å². The van der Waals surface area contributed by atoms with E-state index in [1.54, 1.807) is 0 Å². The van der Waals surface area contributed by atoms with Crippen molar-refractivity contribution < 1.29 is 4.74 Å². The van der Waals surface area contributed by atoms with Crippen molar-refractivity contribution in [1.29, 1.82) is 0 Å². The van der Waals surface area contributed by atoms with Gasteiger partial charge in [0.05, 0.1) is 6.61 Å². The molecule has 1 aliphatic carbocycles. The minimum atomic E-state index is 0.418. The van der Waals surface area contributed by atoms with Gasteiger partial charge >= 0.3 is 6.01 Å². The van der Waals surface area contributed by atoms with Gasteiger partial charge in [0.25, 0.3) is 0 Å². The lowest BCUT2D eigenvalue weighted by atomic mass is 10.1. The average molecular weight is 265 g/mol. The summed E-state index contributed by atoms with van der Waals surface area (Å²) in [5.74, 6) is 1.84. The van der Waals surface area contributed by atoms with Crippen LogP contribution in [0.15, 0.2) is 0 Å². The summed E-state index contributed by atoms with van der Waals surface area (Å²) in [6.45, 7) is 3.50. The topological polar surface area (TPSA) is 63.2 Å². The second-order valence-electron chi connectivity index (χ2n) is 5.13. The number of anilines is 2. The van der Waals surface area contributed by atoms with Crippen LogP contribution < -0.4 is 15.0 Å². The maximum Gasteiger partial charge on any atom is 0.323 e. The maximum atomic E-state index is 5.74. The van der Waals surface area contributed by atoms with Crippen molar-refractivity contribution in [2.24, 2.45) is 5.92 Å². The molecule has 1 saturated carbocycles. The summed E-state index contributed by atoms with van der Waals surface area (Å²) in [7, 11) is 3.82. The molecule has 0 atom stereocenters. The number of nitrogens with one attached hydrogen (secondary N) is 1. The normalized spacial score (nSPS) is 15.5. The van der Waals surface area contributed by atoms with E-state index < -0.39 is 0 Å². The molecule has 6 nitrogen and oxygen atoms in total. The van der Waals surface area contributed by atoms with Gasteiger partial charge in [0.1, 0.15) is 0 Å². The van der Waals surface area contributed by atoms with Crippen LogP contribution >= 0.6 is 0 Å². The third kappa shape index (κ3) is 3.94. The Hall–Kier alpha value is -1.59. The van der Waals surface area contributed by atoms with E-state index >= 15 is 0 Å². The molecule has 0 spiro atoms. The molecule has 0 bridgehead atoms. The van der Waals surface area contributed by atoms with Gasteiger partial charge in [-0.2, -0.15) is 15.0 Å². The summed E-state index contributed by atoms with van der Waals surface area (Å²) in [5, 5.41) is 3.10.